The number of benzene rings is 4. The van der Waals surface area contributed by atoms with E-state index in [0.29, 0.717) is 11.3 Å². The Morgan fingerprint density at radius 1 is 0.767 bits per heavy atom. The molecule has 0 aliphatic carbocycles. The lowest BCUT2D eigenvalue weighted by molar-refractivity contribution is -0.384. The van der Waals surface area contributed by atoms with Gasteiger partial charge in [-0.25, -0.2) is 4.79 Å². The topological polar surface area (TPSA) is 74.4 Å². The van der Waals surface area contributed by atoms with Gasteiger partial charge in [-0.15, -0.1) is 0 Å². The summed E-state index contributed by atoms with van der Waals surface area (Å²) in [4.78, 5) is 24.1. The van der Waals surface area contributed by atoms with Gasteiger partial charge in [-0.05, 0) is 52.5 Å². The second-order valence-electron chi connectivity index (χ2n) is 11.5. The number of carbonyl (C=O) groups excluding carboxylic acids is 1. The number of rotatable bonds is 6. The molecule has 0 amide bonds. The highest BCUT2D eigenvalue weighted by molar-refractivity contribution is 6.06. The zero-order valence-corrected chi connectivity index (χ0v) is 24.2. The molecule has 1 aliphatic rings. The third-order valence-corrected chi connectivity index (χ3v) is 7.54. The van der Waals surface area contributed by atoms with Gasteiger partial charge in [-0.3, -0.25) is 10.1 Å². The van der Waals surface area contributed by atoms with E-state index in [1.807, 2.05) is 84.9 Å². The molecule has 4 aromatic carbocycles. The first kappa shape index (κ1) is 27.7. The summed E-state index contributed by atoms with van der Waals surface area (Å²) in [7, 11) is 0. The first-order valence-corrected chi connectivity index (χ1v) is 14.1. The van der Waals surface area contributed by atoms with Gasteiger partial charge in [0.15, 0.2) is 0 Å². The maximum atomic E-state index is 13.2. The van der Waals surface area contributed by atoms with Crippen LogP contribution in [0.4, 0.5) is 5.69 Å². The van der Waals surface area contributed by atoms with E-state index in [1.165, 1.54) is 17.7 Å². The van der Waals surface area contributed by atoms with Crippen molar-refractivity contribution in [2.24, 2.45) is 0 Å². The molecule has 0 N–H and O–H groups in total. The van der Waals surface area contributed by atoms with Crippen molar-refractivity contribution >= 4 is 23.5 Å². The van der Waals surface area contributed by atoms with Crippen molar-refractivity contribution in [1.82, 2.24) is 4.57 Å². The SMILES string of the molecule is CC(C)(C)c1ccc(C2=C/C(=C\c3cc(-c4ccccc4)n(-c4ccc([N+](=O)[O-])cc4)c3-c3ccccc3)C(=O)O2)cc1. The number of hydrogen-bond donors (Lipinski definition) is 0. The molecule has 0 radical (unpaired) electrons. The molecule has 0 unspecified atom stereocenters. The Morgan fingerprint density at radius 2 is 1.37 bits per heavy atom. The first-order valence-electron chi connectivity index (χ1n) is 14.1. The van der Waals surface area contributed by atoms with Crippen LogP contribution in [0.3, 0.4) is 0 Å². The Morgan fingerprint density at radius 3 is 1.95 bits per heavy atom. The van der Waals surface area contributed by atoms with Gasteiger partial charge in [0.2, 0.25) is 0 Å². The number of cyclic esters (lactones) is 1. The van der Waals surface area contributed by atoms with Gasteiger partial charge in [0.05, 0.1) is 21.9 Å². The lowest BCUT2D eigenvalue weighted by Crippen LogP contribution is -2.10. The van der Waals surface area contributed by atoms with Crippen LogP contribution in [0.2, 0.25) is 0 Å². The van der Waals surface area contributed by atoms with E-state index < -0.39 is 10.9 Å². The molecule has 0 fully saturated rings. The Labute approximate surface area is 250 Å². The summed E-state index contributed by atoms with van der Waals surface area (Å²) in [6, 6.07) is 36.5. The molecule has 2 heterocycles. The maximum absolute atomic E-state index is 13.2. The summed E-state index contributed by atoms with van der Waals surface area (Å²) in [5.41, 5.74) is 7.72. The van der Waals surface area contributed by atoms with Crippen LogP contribution >= 0.6 is 0 Å². The van der Waals surface area contributed by atoms with E-state index in [-0.39, 0.29) is 11.1 Å². The summed E-state index contributed by atoms with van der Waals surface area (Å²) in [5.74, 6) is 0.0920. The van der Waals surface area contributed by atoms with Crippen molar-refractivity contribution in [3.63, 3.8) is 0 Å². The number of hydrogen-bond acceptors (Lipinski definition) is 4. The Kier molecular flexibility index (Phi) is 7.12. The van der Waals surface area contributed by atoms with Crippen LogP contribution in [0, 0.1) is 10.1 Å². The number of nitro benzene ring substituents is 1. The first-order chi connectivity index (χ1) is 20.7. The van der Waals surface area contributed by atoms with Crippen LogP contribution in [-0.2, 0) is 14.9 Å². The van der Waals surface area contributed by atoms with Gasteiger partial charge in [0, 0.05) is 28.9 Å². The fourth-order valence-electron chi connectivity index (χ4n) is 5.28. The summed E-state index contributed by atoms with van der Waals surface area (Å²) in [6.45, 7) is 6.48. The van der Waals surface area contributed by atoms with Gasteiger partial charge in [-0.2, -0.15) is 0 Å². The predicted molar refractivity (Wildman–Crippen MR) is 170 cm³/mol. The molecule has 0 spiro atoms. The average molecular weight is 567 g/mol. The van der Waals surface area contributed by atoms with E-state index in [2.05, 4.69) is 37.5 Å². The second kappa shape index (κ2) is 11.1. The van der Waals surface area contributed by atoms with Crippen LogP contribution in [0.5, 0.6) is 0 Å². The van der Waals surface area contributed by atoms with Gasteiger partial charge >= 0.3 is 5.97 Å². The molecule has 212 valence electrons. The van der Waals surface area contributed by atoms with E-state index >= 15 is 0 Å². The maximum Gasteiger partial charge on any atom is 0.343 e. The molecular weight excluding hydrogens is 536 g/mol. The van der Waals surface area contributed by atoms with E-state index in [9.17, 15) is 14.9 Å². The molecule has 43 heavy (non-hydrogen) atoms. The summed E-state index contributed by atoms with van der Waals surface area (Å²) in [5, 5.41) is 11.4. The normalized spacial score (nSPS) is 14.1. The fraction of sp³-hybridized carbons (Fsp3) is 0.108. The minimum atomic E-state index is -0.418. The molecule has 6 nitrogen and oxygen atoms in total. The minimum Gasteiger partial charge on any atom is -0.422 e. The zero-order valence-electron chi connectivity index (χ0n) is 24.2. The smallest absolute Gasteiger partial charge is 0.343 e. The van der Waals surface area contributed by atoms with E-state index in [0.717, 1.165) is 39.3 Å². The number of nitrogens with zero attached hydrogens (tertiary/aromatic N) is 2. The number of non-ortho nitro benzene ring substituents is 1. The number of esters is 1. The number of aromatic nitrogens is 1. The number of nitro groups is 1. The summed E-state index contributed by atoms with van der Waals surface area (Å²) >= 11 is 0. The van der Waals surface area contributed by atoms with Crippen molar-refractivity contribution < 1.29 is 14.5 Å². The Balaban J connectivity index is 1.53. The summed E-state index contributed by atoms with van der Waals surface area (Å²) in [6.07, 6.45) is 3.64. The van der Waals surface area contributed by atoms with Crippen molar-refractivity contribution in [3.8, 4) is 28.2 Å². The highest BCUT2D eigenvalue weighted by Crippen LogP contribution is 2.39. The molecule has 0 saturated heterocycles. The molecule has 0 bridgehead atoms. The quantitative estimate of drug-likeness (QED) is 0.0890. The van der Waals surface area contributed by atoms with Crippen molar-refractivity contribution in [2.45, 2.75) is 26.2 Å². The predicted octanol–water partition coefficient (Wildman–Crippen LogP) is 9.00. The molecule has 0 saturated carbocycles. The van der Waals surface area contributed by atoms with Gasteiger partial charge in [-0.1, -0.05) is 106 Å². The number of ether oxygens (including phenoxy) is 1. The van der Waals surface area contributed by atoms with Gasteiger partial charge in [0.1, 0.15) is 5.76 Å². The minimum absolute atomic E-state index is 0.0164. The van der Waals surface area contributed by atoms with Gasteiger partial charge < -0.3 is 9.30 Å². The Hall–Kier alpha value is -5.49. The number of carbonyl (C=O) groups is 1. The van der Waals surface area contributed by atoms with E-state index in [1.54, 1.807) is 18.2 Å². The lowest BCUT2D eigenvalue weighted by atomic mass is 9.86. The zero-order chi connectivity index (χ0) is 30.1. The highest BCUT2D eigenvalue weighted by Gasteiger charge is 2.25. The van der Waals surface area contributed by atoms with Crippen LogP contribution in [0.15, 0.2) is 127 Å². The molecular formula is C37H30N2O4. The molecule has 1 aromatic heterocycles. The Bertz CT molecular complexity index is 1880. The molecule has 5 aromatic rings. The van der Waals surface area contributed by atoms with Crippen LogP contribution in [-0.4, -0.2) is 15.5 Å². The molecule has 6 heteroatoms. The van der Waals surface area contributed by atoms with E-state index in [4.69, 9.17) is 4.74 Å². The average Bonchev–Trinajstić information content (AvgIpc) is 3.58. The third kappa shape index (κ3) is 5.55. The van der Waals surface area contributed by atoms with Crippen LogP contribution < -0.4 is 0 Å². The van der Waals surface area contributed by atoms with Crippen LogP contribution in [0.1, 0.15) is 37.5 Å². The molecule has 1 aliphatic heterocycles. The highest BCUT2D eigenvalue weighted by atomic mass is 16.6. The molecule has 6 rings (SSSR count). The van der Waals surface area contributed by atoms with Crippen molar-refractivity contribution in [3.05, 3.63) is 154 Å². The molecule has 0 atom stereocenters. The van der Waals surface area contributed by atoms with Crippen molar-refractivity contribution in [1.29, 1.82) is 0 Å². The standard InChI is InChI=1S/C37H30N2O4/c1-37(2,3)30-16-14-26(15-17-30)34-24-29(36(40)43-34)22-28-23-33(25-10-6-4-7-11-25)38(35(28)27-12-8-5-9-13-27)31-18-20-32(21-19-31)39(41)42/h4-24H,1-3H3/b29-22+. The van der Waals surface area contributed by atoms with Gasteiger partial charge in [0.25, 0.3) is 5.69 Å². The van der Waals surface area contributed by atoms with Crippen molar-refractivity contribution in [2.75, 3.05) is 0 Å². The van der Waals surface area contributed by atoms with Crippen LogP contribution in [0.25, 0.3) is 40.0 Å². The summed E-state index contributed by atoms with van der Waals surface area (Å²) < 4.78 is 7.81. The fourth-order valence-corrected chi connectivity index (χ4v) is 5.28. The second-order valence-corrected chi connectivity index (χ2v) is 11.5. The lowest BCUT2D eigenvalue weighted by Gasteiger charge is -2.19. The monoisotopic (exact) mass is 566 g/mol. The third-order valence-electron chi connectivity index (χ3n) is 7.54. The largest absolute Gasteiger partial charge is 0.422 e.